The fourth-order valence-electron chi connectivity index (χ4n) is 3.43. The number of methoxy groups -OCH3 is 1. The molecule has 0 aliphatic carbocycles. The van der Waals surface area contributed by atoms with Crippen LogP contribution in [0.4, 0.5) is 0 Å². The molecule has 1 aliphatic rings. The zero-order valence-corrected chi connectivity index (χ0v) is 16.7. The largest absolute Gasteiger partial charge is 0.466 e. The van der Waals surface area contributed by atoms with Crippen molar-refractivity contribution >= 4 is 23.5 Å². The molecular weight excluding hydrogens is 358 g/mol. The highest BCUT2D eigenvalue weighted by Gasteiger charge is 2.46. The van der Waals surface area contributed by atoms with Crippen LogP contribution >= 0.6 is 11.6 Å². The molecule has 0 saturated carbocycles. The summed E-state index contributed by atoms with van der Waals surface area (Å²) in [5.41, 5.74) is 2.37. The number of hydroxylamine groups is 2. The number of aryl methyl sites for hydroxylation is 2. The monoisotopic (exact) mass is 383 g/mol. The van der Waals surface area contributed by atoms with E-state index in [4.69, 9.17) is 25.9 Å². The molecule has 6 nitrogen and oxygen atoms in total. The van der Waals surface area contributed by atoms with Crippen molar-refractivity contribution in [3.8, 4) is 0 Å². The predicted octanol–water partition coefficient (Wildman–Crippen LogP) is 2.92. The molecule has 0 unspecified atom stereocenters. The van der Waals surface area contributed by atoms with Crippen molar-refractivity contribution in [2.24, 2.45) is 0 Å². The van der Waals surface area contributed by atoms with Crippen LogP contribution in [-0.2, 0) is 30.3 Å². The SMILES string of the molecule is COC(=O)C1(OC(=O)Cc2c(C)cc(C)c(Cl)c2C)CCN(OC)CC1. The third kappa shape index (κ3) is 4.19. The van der Waals surface area contributed by atoms with Crippen molar-refractivity contribution < 1.29 is 23.9 Å². The van der Waals surface area contributed by atoms with E-state index in [1.807, 2.05) is 26.8 Å². The van der Waals surface area contributed by atoms with Crippen LogP contribution in [0.3, 0.4) is 0 Å². The number of nitrogens with zero attached hydrogens (tertiary/aromatic N) is 1. The summed E-state index contributed by atoms with van der Waals surface area (Å²) in [5, 5.41) is 2.37. The van der Waals surface area contributed by atoms with E-state index in [0.717, 1.165) is 22.3 Å². The van der Waals surface area contributed by atoms with E-state index < -0.39 is 17.5 Å². The molecule has 7 heteroatoms. The Bertz CT molecular complexity index is 696. The first kappa shape index (κ1) is 20.7. The molecule has 0 spiro atoms. The molecule has 26 heavy (non-hydrogen) atoms. The summed E-state index contributed by atoms with van der Waals surface area (Å²) in [6.07, 6.45) is 0.710. The van der Waals surface area contributed by atoms with Crippen LogP contribution in [0.5, 0.6) is 0 Å². The molecule has 1 aromatic rings. The van der Waals surface area contributed by atoms with E-state index in [9.17, 15) is 9.59 Å². The molecule has 1 aromatic carbocycles. The van der Waals surface area contributed by atoms with Crippen molar-refractivity contribution in [3.05, 3.63) is 33.3 Å². The molecule has 2 rings (SSSR count). The molecule has 1 aliphatic heterocycles. The van der Waals surface area contributed by atoms with Gasteiger partial charge in [-0.05, 0) is 43.0 Å². The Morgan fingerprint density at radius 1 is 1.15 bits per heavy atom. The first-order chi connectivity index (χ1) is 12.2. The molecule has 1 fully saturated rings. The second-order valence-corrected chi connectivity index (χ2v) is 7.05. The van der Waals surface area contributed by atoms with Crippen LogP contribution in [0.15, 0.2) is 6.07 Å². The first-order valence-electron chi connectivity index (χ1n) is 8.58. The minimum atomic E-state index is -1.27. The second kappa shape index (κ2) is 8.37. The van der Waals surface area contributed by atoms with Crippen LogP contribution in [0.1, 0.15) is 35.1 Å². The van der Waals surface area contributed by atoms with Crippen molar-refractivity contribution in [3.63, 3.8) is 0 Å². The number of rotatable bonds is 5. The highest BCUT2D eigenvalue weighted by atomic mass is 35.5. The zero-order valence-electron chi connectivity index (χ0n) is 16.0. The van der Waals surface area contributed by atoms with Gasteiger partial charge >= 0.3 is 11.9 Å². The summed E-state index contributed by atoms with van der Waals surface area (Å²) >= 11 is 6.32. The van der Waals surface area contributed by atoms with Gasteiger partial charge in [0.25, 0.3) is 0 Å². The molecule has 0 N–H and O–H groups in total. The molecule has 1 saturated heterocycles. The van der Waals surface area contributed by atoms with Gasteiger partial charge in [-0.3, -0.25) is 4.79 Å². The van der Waals surface area contributed by atoms with Crippen LogP contribution in [0.2, 0.25) is 5.02 Å². The lowest BCUT2D eigenvalue weighted by Crippen LogP contribution is -2.52. The maximum atomic E-state index is 12.6. The van der Waals surface area contributed by atoms with E-state index in [0.29, 0.717) is 31.0 Å². The highest BCUT2D eigenvalue weighted by molar-refractivity contribution is 6.32. The van der Waals surface area contributed by atoms with Gasteiger partial charge in [0.05, 0.1) is 20.6 Å². The topological polar surface area (TPSA) is 65.1 Å². The maximum absolute atomic E-state index is 12.6. The smallest absolute Gasteiger partial charge is 0.350 e. The quantitative estimate of drug-likeness (QED) is 0.728. The lowest BCUT2D eigenvalue weighted by molar-refractivity contribution is -0.205. The summed E-state index contributed by atoms with van der Waals surface area (Å²) in [6.45, 7) is 6.71. The average Bonchev–Trinajstić information content (AvgIpc) is 2.63. The minimum absolute atomic E-state index is 0.0599. The Morgan fingerprint density at radius 3 is 2.31 bits per heavy atom. The Labute approximate surface area is 159 Å². The van der Waals surface area contributed by atoms with Gasteiger partial charge in [0.1, 0.15) is 0 Å². The molecule has 0 atom stereocenters. The van der Waals surface area contributed by atoms with E-state index in [-0.39, 0.29) is 6.42 Å². The Morgan fingerprint density at radius 2 is 1.77 bits per heavy atom. The van der Waals surface area contributed by atoms with Gasteiger partial charge in [-0.25, -0.2) is 4.79 Å². The molecule has 0 amide bonds. The number of piperidine rings is 1. The lowest BCUT2D eigenvalue weighted by Gasteiger charge is -2.37. The summed E-state index contributed by atoms with van der Waals surface area (Å²) < 4.78 is 10.6. The number of carbonyl (C=O) groups is 2. The lowest BCUT2D eigenvalue weighted by atomic mass is 9.91. The van der Waals surface area contributed by atoms with Gasteiger partial charge in [0.15, 0.2) is 0 Å². The zero-order chi connectivity index (χ0) is 19.5. The summed E-state index contributed by atoms with van der Waals surface area (Å²) in [5.74, 6) is -0.996. The highest BCUT2D eigenvalue weighted by Crippen LogP contribution is 2.31. The van der Waals surface area contributed by atoms with Crippen molar-refractivity contribution in [2.75, 3.05) is 27.3 Å². The third-order valence-corrected chi connectivity index (χ3v) is 5.59. The summed E-state index contributed by atoms with van der Waals surface area (Å²) in [7, 11) is 2.87. The maximum Gasteiger partial charge on any atom is 0.350 e. The Kier molecular flexibility index (Phi) is 6.66. The van der Waals surface area contributed by atoms with E-state index >= 15 is 0 Å². The van der Waals surface area contributed by atoms with Gasteiger partial charge in [-0.2, -0.15) is 5.06 Å². The molecular formula is C19H26ClNO5. The number of ether oxygens (including phenoxy) is 2. The Hall–Kier alpha value is -1.63. The van der Waals surface area contributed by atoms with E-state index in [1.54, 1.807) is 12.2 Å². The van der Waals surface area contributed by atoms with Crippen molar-refractivity contribution in [1.29, 1.82) is 0 Å². The van der Waals surface area contributed by atoms with Crippen LogP contribution < -0.4 is 0 Å². The van der Waals surface area contributed by atoms with E-state index in [1.165, 1.54) is 7.11 Å². The number of hydrogen-bond donors (Lipinski definition) is 0. The fraction of sp³-hybridized carbons (Fsp3) is 0.579. The third-order valence-electron chi connectivity index (χ3n) is 5.01. The number of halogens is 1. The molecule has 0 radical (unpaired) electrons. The first-order valence-corrected chi connectivity index (χ1v) is 8.96. The molecule has 144 valence electrons. The normalized spacial score (nSPS) is 17.0. The van der Waals surface area contributed by atoms with Gasteiger partial charge in [0, 0.05) is 31.0 Å². The van der Waals surface area contributed by atoms with Gasteiger partial charge < -0.3 is 14.3 Å². The van der Waals surface area contributed by atoms with Crippen LogP contribution in [0, 0.1) is 20.8 Å². The van der Waals surface area contributed by atoms with Crippen LogP contribution in [0.25, 0.3) is 0 Å². The fourth-order valence-corrected chi connectivity index (χ4v) is 3.60. The number of carbonyl (C=O) groups excluding carboxylic acids is 2. The molecule has 1 heterocycles. The van der Waals surface area contributed by atoms with Crippen LogP contribution in [-0.4, -0.2) is 49.9 Å². The van der Waals surface area contributed by atoms with Gasteiger partial charge in [-0.15, -0.1) is 0 Å². The average molecular weight is 384 g/mol. The number of esters is 2. The minimum Gasteiger partial charge on any atom is -0.466 e. The second-order valence-electron chi connectivity index (χ2n) is 6.68. The molecule has 0 bridgehead atoms. The van der Waals surface area contributed by atoms with Gasteiger partial charge in [-0.1, -0.05) is 17.7 Å². The molecule has 0 aromatic heterocycles. The summed E-state index contributed by atoms with van der Waals surface area (Å²) in [6, 6.07) is 1.95. The van der Waals surface area contributed by atoms with Gasteiger partial charge in [0.2, 0.25) is 5.60 Å². The predicted molar refractivity (Wildman–Crippen MR) is 98.0 cm³/mol. The number of benzene rings is 1. The Balaban J connectivity index is 2.19. The summed E-state index contributed by atoms with van der Waals surface area (Å²) in [4.78, 5) is 30.1. The van der Waals surface area contributed by atoms with E-state index in [2.05, 4.69) is 0 Å². The standard InChI is InChI=1S/C19H26ClNO5/c1-12-10-13(2)17(20)14(3)15(12)11-16(22)26-19(18(23)24-4)6-8-21(25-5)9-7-19/h10H,6-9,11H2,1-5H3. The number of hydrogen-bond acceptors (Lipinski definition) is 6. The van der Waals surface area contributed by atoms with Crippen molar-refractivity contribution in [1.82, 2.24) is 5.06 Å². The van der Waals surface area contributed by atoms with Crippen molar-refractivity contribution in [2.45, 2.75) is 45.6 Å².